The fourth-order valence-corrected chi connectivity index (χ4v) is 3.02. The van der Waals surface area contributed by atoms with Crippen molar-refractivity contribution in [3.63, 3.8) is 0 Å². The van der Waals surface area contributed by atoms with Gasteiger partial charge in [0.1, 0.15) is 23.2 Å². The molecule has 0 radical (unpaired) electrons. The Morgan fingerprint density at radius 1 is 1.19 bits per heavy atom. The minimum Gasteiger partial charge on any atom is -0.457 e. The van der Waals surface area contributed by atoms with Crippen LogP contribution >= 0.6 is 11.6 Å². The number of halogens is 1. The molecule has 0 saturated heterocycles. The highest BCUT2D eigenvalue weighted by Crippen LogP contribution is 2.31. The summed E-state index contributed by atoms with van der Waals surface area (Å²) in [5, 5.41) is 9.82. The van der Waals surface area contributed by atoms with Crippen molar-refractivity contribution in [1.29, 1.82) is 5.26 Å². The number of rotatable bonds is 3. The molecule has 1 aliphatic heterocycles. The van der Waals surface area contributed by atoms with Crippen molar-refractivity contribution in [3.05, 3.63) is 63.9 Å². The fourth-order valence-electron chi connectivity index (χ4n) is 2.80. The van der Waals surface area contributed by atoms with Gasteiger partial charge in [-0.2, -0.15) is 5.26 Å². The Morgan fingerprint density at radius 2 is 1.92 bits per heavy atom. The van der Waals surface area contributed by atoms with E-state index in [2.05, 4.69) is 0 Å². The molecule has 0 saturated carbocycles. The van der Waals surface area contributed by atoms with E-state index in [9.17, 15) is 14.9 Å². The molecule has 0 N–H and O–H groups in total. The van der Waals surface area contributed by atoms with Gasteiger partial charge in [0.05, 0.1) is 5.02 Å². The second-order valence-corrected chi connectivity index (χ2v) is 6.11. The molecule has 0 unspecified atom stereocenters. The molecule has 3 rings (SSSR count). The predicted octanol–water partition coefficient (Wildman–Crippen LogP) is 4.21. The van der Waals surface area contributed by atoms with Crippen LogP contribution in [-0.2, 0) is 9.59 Å². The summed E-state index contributed by atoms with van der Waals surface area (Å²) in [5.74, 6) is -0.00266. The van der Waals surface area contributed by atoms with E-state index in [4.69, 9.17) is 16.0 Å². The van der Waals surface area contributed by atoms with Gasteiger partial charge in [-0.1, -0.05) is 23.7 Å². The smallest absolute Gasteiger partial charge is 0.271 e. The van der Waals surface area contributed by atoms with Crippen molar-refractivity contribution < 1.29 is 14.0 Å². The molecule has 2 aromatic rings. The van der Waals surface area contributed by atoms with Gasteiger partial charge >= 0.3 is 0 Å². The zero-order valence-corrected chi connectivity index (χ0v) is 15.0. The summed E-state index contributed by atoms with van der Waals surface area (Å²) in [7, 11) is 0. The Morgan fingerprint density at radius 3 is 2.58 bits per heavy atom. The maximum atomic E-state index is 12.6. The number of benzene rings is 1. The van der Waals surface area contributed by atoms with Gasteiger partial charge in [0.2, 0.25) is 0 Å². The van der Waals surface area contributed by atoms with Crippen molar-refractivity contribution in [2.75, 3.05) is 6.54 Å². The van der Waals surface area contributed by atoms with Crippen molar-refractivity contribution in [1.82, 2.24) is 4.90 Å². The maximum absolute atomic E-state index is 12.6. The van der Waals surface area contributed by atoms with E-state index < -0.39 is 11.8 Å². The van der Waals surface area contributed by atoms with E-state index >= 15 is 0 Å². The SMILES string of the molecule is CCN1C(=O)C(C#N)=C(C)/C(=C/c2ccc(-c3ccccc3Cl)o2)C1=O. The third-order valence-corrected chi connectivity index (χ3v) is 4.52. The summed E-state index contributed by atoms with van der Waals surface area (Å²) in [6.07, 6.45) is 1.55. The first-order valence-corrected chi connectivity index (χ1v) is 8.39. The second kappa shape index (κ2) is 7.03. The maximum Gasteiger partial charge on any atom is 0.271 e. The van der Waals surface area contributed by atoms with Crippen LogP contribution in [0, 0.1) is 11.3 Å². The largest absolute Gasteiger partial charge is 0.457 e. The Bertz CT molecular complexity index is 1010. The van der Waals surface area contributed by atoms with Gasteiger partial charge in [-0.25, -0.2) is 0 Å². The number of hydrogen-bond acceptors (Lipinski definition) is 4. The molecule has 0 fully saturated rings. The number of amides is 2. The normalized spacial score (nSPS) is 16.4. The van der Waals surface area contributed by atoms with Crippen LogP contribution in [-0.4, -0.2) is 23.3 Å². The summed E-state index contributed by atoms with van der Waals surface area (Å²) in [6.45, 7) is 3.47. The topological polar surface area (TPSA) is 74.3 Å². The standard InChI is InChI=1S/C20H15ClN2O3/c1-3-23-19(24)15(12(2)16(11-22)20(23)25)10-13-8-9-18(26-13)14-6-4-5-7-17(14)21/h4-10H,3H2,1-2H3/b15-10-. The lowest BCUT2D eigenvalue weighted by Gasteiger charge is -2.25. The molecule has 1 aromatic carbocycles. The third kappa shape index (κ3) is 2.96. The number of nitrogens with zero attached hydrogens (tertiary/aromatic N) is 2. The van der Waals surface area contributed by atoms with Crippen LogP contribution in [0.5, 0.6) is 0 Å². The Kier molecular flexibility index (Phi) is 4.79. The van der Waals surface area contributed by atoms with E-state index in [1.165, 1.54) is 0 Å². The van der Waals surface area contributed by atoms with Crippen molar-refractivity contribution in [3.8, 4) is 17.4 Å². The Labute approximate surface area is 155 Å². The molecule has 1 aliphatic rings. The van der Waals surface area contributed by atoms with Gasteiger partial charge in [0.25, 0.3) is 11.8 Å². The summed E-state index contributed by atoms with van der Waals surface area (Å²) in [6, 6.07) is 12.6. The van der Waals surface area contributed by atoms with E-state index in [-0.39, 0.29) is 17.7 Å². The van der Waals surface area contributed by atoms with Crippen LogP contribution in [0.1, 0.15) is 19.6 Å². The molecule has 130 valence electrons. The van der Waals surface area contributed by atoms with Crippen LogP contribution in [0.2, 0.25) is 5.02 Å². The molecule has 0 spiro atoms. The van der Waals surface area contributed by atoms with E-state index in [0.29, 0.717) is 22.1 Å². The quantitative estimate of drug-likeness (QED) is 0.602. The van der Waals surface area contributed by atoms with Gasteiger partial charge in [0, 0.05) is 17.7 Å². The van der Waals surface area contributed by atoms with Crippen LogP contribution in [0.4, 0.5) is 0 Å². The molecule has 2 heterocycles. The fraction of sp³-hybridized carbons (Fsp3) is 0.150. The lowest BCUT2D eigenvalue weighted by molar-refractivity contribution is -0.140. The molecule has 0 atom stereocenters. The van der Waals surface area contributed by atoms with Crippen LogP contribution in [0.3, 0.4) is 0 Å². The molecule has 26 heavy (non-hydrogen) atoms. The first-order chi connectivity index (χ1) is 12.5. The third-order valence-electron chi connectivity index (χ3n) is 4.19. The molecular formula is C20H15ClN2O3. The second-order valence-electron chi connectivity index (χ2n) is 5.71. The average molecular weight is 367 g/mol. The van der Waals surface area contributed by atoms with Gasteiger partial charge in [-0.05, 0) is 49.8 Å². The van der Waals surface area contributed by atoms with Crippen molar-refractivity contribution in [2.45, 2.75) is 13.8 Å². The molecule has 1 aromatic heterocycles. The average Bonchev–Trinajstić information content (AvgIpc) is 3.08. The van der Waals surface area contributed by atoms with E-state index in [0.717, 1.165) is 10.5 Å². The number of imide groups is 1. The van der Waals surface area contributed by atoms with Crippen LogP contribution in [0.25, 0.3) is 17.4 Å². The Balaban J connectivity index is 2.06. The van der Waals surface area contributed by atoms with Crippen molar-refractivity contribution in [2.24, 2.45) is 0 Å². The monoisotopic (exact) mass is 366 g/mol. The number of carbonyl (C=O) groups excluding carboxylic acids is 2. The molecule has 2 amide bonds. The summed E-state index contributed by atoms with van der Waals surface area (Å²) in [4.78, 5) is 25.8. The first-order valence-electron chi connectivity index (χ1n) is 8.02. The highest BCUT2D eigenvalue weighted by atomic mass is 35.5. The summed E-state index contributed by atoms with van der Waals surface area (Å²) in [5.41, 5.74) is 1.32. The molecule has 5 nitrogen and oxygen atoms in total. The number of likely N-dealkylation sites (N-methyl/N-ethyl adjacent to an activating group) is 1. The minimum atomic E-state index is -0.564. The van der Waals surface area contributed by atoms with E-state index in [1.54, 1.807) is 38.1 Å². The molecule has 0 bridgehead atoms. The lowest BCUT2D eigenvalue weighted by atomic mass is 9.95. The number of carbonyl (C=O) groups is 2. The van der Waals surface area contributed by atoms with Crippen LogP contribution in [0.15, 0.2) is 57.5 Å². The highest BCUT2D eigenvalue weighted by molar-refractivity contribution is 6.33. The number of furan rings is 1. The van der Waals surface area contributed by atoms with Gasteiger partial charge in [-0.3, -0.25) is 14.5 Å². The highest BCUT2D eigenvalue weighted by Gasteiger charge is 2.34. The summed E-state index contributed by atoms with van der Waals surface area (Å²) >= 11 is 6.18. The zero-order valence-electron chi connectivity index (χ0n) is 14.2. The van der Waals surface area contributed by atoms with E-state index in [1.807, 2.05) is 24.3 Å². The molecule has 0 aliphatic carbocycles. The van der Waals surface area contributed by atoms with Gasteiger partial charge in [0.15, 0.2) is 0 Å². The van der Waals surface area contributed by atoms with Gasteiger partial charge < -0.3 is 4.42 Å². The van der Waals surface area contributed by atoms with Gasteiger partial charge in [-0.15, -0.1) is 0 Å². The minimum absolute atomic E-state index is 0.0319. The number of nitriles is 1. The number of hydrogen-bond donors (Lipinski definition) is 0. The molecular weight excluding hydrogens is 352 g/mol. The first kappa shape index (κ1) is 17.7. The predicted molar refractivity (Wildman–Crippen MR) is 97.8 cm³/mol. The zero-order chi connectivity index (χ0) is 18.8. The summed E-state index contributed by atoms with van der Waals surface area (Å²) < 4.78 is 5.79. The van der Waals surface area contributed by atoms with Crippen LogP contribution < -0.4 is 0 Å². The molecule has 6 heteroatoms. The van der Waals surface area contributed by atoms with Crippen molar-refractivity contribution >= 4 is 29.5 Å². The lowest BCUT2D eigenvalue weighted by Crippen LogP contribution is -2.42. The Hall–Kier alpha value is -3.10.